The summed E-state index contributed by atoms with van der Waals surface area (Å²) in [6.07, 6.45) is 3.35. The standard InChI is InChI=1S/C17H20N2O3S2/c1-17(7-3-2-5-12(17)16(21)22)19-14(20)9-11-10-24-15(18-11)13-6-4-8-23-13/h4,6,8,10,12H,2-3,5,7,9H2,1H3,(H,19,20)(H,21,22). The first kappa shape index (κ1) is 17.1. The van der Waals surface area contributed by atoms with Gasteiger partial charge in [-0.1, -0.05) is 18.9 Å². The fourth-order valence-corrected chi connectivity index (χ4v) is 4.94. The van der Waals surface area contributed by atoms with Gasteiger partial charge in [0.15, 0.2) is 0 Å². The fourth-order valence-electron chi connectivity index (χ4n) is 3.31. The van der Waals surface area contributed by atoms with Crippen molar-refractivity contribution in [2.75, 3.05) is 0 Å². The maximum absolute atomic E-state index is 12.4. The molecule has 0 spiro atoms. The van der Waals surface area contributed by atoms with E-state index >= 15 is 0 Å². The lowest BCUT2D eigenvalue weighted by Crippen LogP contribution is -2.55. The number of aromatic nitrogens is 1. The van der Waals surface area contributed by atoms with Gasteiger partial charge >= 0.3 is 5.97 Å². The second-order valence-corrected chi connectivity index (χ2v) is 8.21. The number of carboxylic acids is 1. The summed E-state index contributed by atoms with van der Waals surface area (Å²) in [4.78, 5) is 29.5. The van der Waals surface area contributed by atoms with Gasteiger partial charge in [0, 0.05) is 5.38 Å². The van der Waals surface area contributed by atoms with Crippen LogP contribution in [-0.2, 0) is 16.0 Å². The molecule has 24 heavy (non-hydrogen) atoms. The first-order chi connectivity index (χ1) is 11.5. The van der Waals surface area contributed by atoms with Crippen molar-refractivity contribution in [3.8, 4) is 9.88 Å². The fraction of sp³-hybridized carbons (Fsp3) is 0.471. The summed E-state index contributed by atoms with van der Waals surface area (Å²) in [5, 5.41) is 17.2. The molecule has 7 heteroatoms. The average Bonchev–Trinajstić information content (AvgIpc) is 3.17. The lowest BCUT2D eigenvalue weighted by molar-refractivity contribution is -0.146. The highest BCUT2D eigenvalue weighted by molar-refractivity contribution is 7.20. The molecule has 2 atom stereocenters. The zero-order valence-corrected chi connectivity index (χ0v) is 15.1. The van der Waals surface area contributed by atoms with Crippen molar-refractivity contribution in [2.45, 2.75) is 44.6 Å². The number of rotatable bonds is 5. The number of carbonyl (C=O) groups excluding carboxylic acids is 1. The van der Waals surface area contributed by atoms with Gasteiger partial charge in [-0.3, -0.25) is 9.59 Å². The molecule has 1 amide bonds. The van der Waals surface area contributed by atoms with Crippen molar-refractivity contribution in [3.63, 3.8) is 0 Å². The average molecular weight is 364 g/mol. The van der Waals surface area contributed by atoms with E-state index < -0.39 is 17.4 Å². The Morgan fingerprint density at radius 2 is 2.25 bits per heavy atom. The third-order valence-corrected chi connectivity index (χ3v) is 6.49. The van der Waals surface area contributed by atoms with Crippen molar-refractivity contribution in [1.29, 1.82) is 0 Å². The molecular formula is C17H20N2O3S2. The number of nitrogens with one attached hydrogen (secondary N) is 1. The van der Waals surface area contributed by atoms with E-state index in [0.717, 1.165) is 28.4 Å². The highest BCUT2D eigenvalue weighted by Gasteiger charge is 2.42. The Kier molecular flexibility index (Phi) is 5.01. The molecule has 2 aromatic heterocycles. The van der Waals surface area contributed by atoms with E-state index in [9.17, 15) is 14.7 Å². The topological polar surface area (TPSA) is 79.3 Å². The largest absolute Gasteiger partial charge is 0.481 e. The second kappa shape index (κ2) is 7.03. The zero-order chi connectivity index (χ0) is 17.2. The molecule has 1 aliphatic rings. The molecule has 128 valence electrons. The predicted octanol–water partition coefficient (Wildman–Crippen LogP) is 3.56. The maximum Gasteiger partial charge on any atom is 0.308 e. The van der Waals surface area contributed by atoms with Crippen molar-refractivity contribution in [3.05, 3.63) is 28.6 Å². The first-order valence-corrected chi connectivity index (χ1v) is 9.76. The summed E-state index contributed by atoms with van der Waals surface area (Å²) >= 11 is 3.15. The van der Waals surface area contributed by atoms with Gasteiger partial charge in [-0.2, -0.15) is 0 Å². The van der Waals surface area contributed by atoms with Crippen LogP contribution in [0.3, 0.4) is 0 Å². The lowest BCUT2D eigenvalue weighted by Gasteiger charge is -2.39. The van der Waals surface area contributed by atoms with Gasteiger partial charge in [-0.25, -0.2) is 4.98 Å². The van der Waals surface area contributed by atoms with Crippen LogP contribution in [0.5, 0.6) is 0 Å². The Labute approximate surface area is 148 Å². The Morgan fingerprint density at radius 1 is 1.42 bits per heavy atom. The van der Waals surface area contributed by atoms with E-state index in [1.807, 2.05) is 29.8 Å². The van der Waals surface area contributed by atoms with Crippen LogP contribution in [-0.4, -0.2) is 27.5 Å². The molecule has 1 fully saturated rings. The van der Waals surface area contributed by atoms with Gasteiger partial charge < -0.3 is 10.4 Å². The molecule has 0 saturated heterocycles. The maximum atomic E-state index is 12.4. The zero-order valence-electron chi connectivity index (χ0n) is 13.4. The minimum Gasteiger partial charge on any atom is -0.481 e. The Morgan fingerprint density at radius 3 is 2.96 bits per heavy atom. The Bertz CT molecular complexity index is 726. The number of thiophene rings is 1. The predicted molar refractivity (Wildman–Crippen MR) is 95.3 cm³/mol. The van der Waals surface area contributed by atoms with E-state index in [-0.39, 0.29) is 12.3 Å². The van der Waals surface area contributed by atoms with Gasteiger partial charge in [0.2, 0.25) is 5.91 Å². The minimum absolute atomic E-state index is 0.159. The molecule has 2 heterocycles. The molecule has 0 aliphatic heterocycles. The molecule has 0 radical (unpaired) electrons. The number of hydrogen-bond acceptors (Lipinski definition) is 5. The van der Waals surface area contributed by atoms with Crippen LogP contribution in [0.1, 0.15) is 38.3 Å². The lowest BCUT2D eigenvalue weighted by atomic mass is 9.74. The highest BCUT2D eigenvalue weighted by Crippen LogP contribution is 2.34. The Balaban J connectivity index is 1.65. The third-order valence-electron chi connectivity index (χ3n) is 4.56. The quantitative estimate of drug-likeness (QED) is 0.850. The monoisotopic (exact) mass is 364 g/mol. The number of carbonyl (C=O) groups is 2. The molecule has 2 unspecified atom stereocenters. The number of aliphatic carboxylic acids is 1. The van der Waals surface area contributed by atoms with Crippen molar-refractivity contribution in [1.82, 2.24) is 10.3 Å². The van der Waals surface area contributed by atoms with Crippen LogP contribution in [0.2, 0.25) is 0 Å². The van der Waals surface area contributed by atoms with E-state index in [2.05, 4.69) is 10.3 Å². The van der Waals surface area contributed by atoms with E-state index in [1.54, 1.807) is 11.3 Å². The Hall–Kier alpha value is -1.73. The number of amides is 1. The van der Waals surface area contributed by atoms with Crippen LogP contribution in [0.15, 0.2) is 22.9 Å². The van der Waals surface area contributed by atoms with Gasteiger partial charge in [0.25, 0.3) is 0 Å². The number of nitrogens with zero attached hydrogens (tertiary/aromatic N) is 1. The normalized spacial score (nSPS) is 23.8. The molecule has 2 N–H and O–H groups in total. The molecule has 5 nitrogen and oxygen atoms in total. The summed E-state index contributed by atoms with van der Waals surface area (Å²) < 4.78 is 0. The summed E-state index contributed by atoms with van der Waals surface area (Å²) in [6.45, 7) is 1.85. The van der Waals surface area contributed by atoms with Gasteiger partial charge in [-0.15, -0.1) is 22.7 Å². The summed E-state index contributed by atoms with van der Waals surface area (Å²) in [5.41, 5.74) is 0.0560. The summed E-state index contributed by atoms with van der Waals surface area (Å²) in [7, 11) is 0. The second-order valence-electron chi connectivity index (χ2n) is 6.40. The number of hydrogen-bond donors (Lipinski definition) is 2. The molecule has 0 aromatic carbocycles. The van der Waals surface area contributed by atoms with Crippen LogP contribution in [0.25, 0.3) is 9.88 Å². The molecule has 1 aliphatic carbocycles. The van der Waals surface area contributed by atoms with Gasteiger partial charge in [-0.05, 0) is 31.2 Å². The SMILES string of the molecule is CC1(NC(=O)Cc2csc(-c3cccs3)n2)CCCCC1C(=O)O. The van der Waals surface area contributed by atoms with Crippen LogP contribution in [0, 0.1) is 5.92 Å². The smallest absolute Gasteiger partial charge is 0.308 e. The van der Waals surface area contributed by atoms with Crippen LogP contribution >= 0.6 is 22.7 Å². The first-order valence-electron chi connectivity index (χ1n) is 8.00. The number of carboxylic acid groups (broad SMARTS) is 1. The van der Waals surface area contributed by atoms with Crippen molar-refractivity contribution in [2.24, 2.45) is 5.92 Å². The third kappa shape index (κ3) is 3.67. The van der Waals surface area contributed by atoms with E-state index in [1.165, 1.54) is 11.3 Å². The molecule has 1 saturated carbocycles. The van der Waals surface area contributed by atoms with E-state index in [0.29, 0.717) is 12.8 Å². The summed E-state index contributed by atoms with van der Waals surface area (Å²) in [5.74, 6) is -1.51. The molecule has 3 rings (SSSR count). The highest BCUT2D eigenvalue weighted by atomic mass is 32.1. The van der Waals surface area contributed by atoms with Crippen molar-refractivity contribution >= 4 is 34.6 Å². The van der Waals surface area contributed by atoms with E-state index in [4.69, 9.17) is 0 Å². The van der Waals surface area contributed by atoms with Gasteiger partial charge in [0.05, 0.1) is 28.4 Å². The molecular weight excluding hydrogens is 344 g/mol. The van der Waals surface area contributed by atoms with Crippen LogP contribution < -0.4 is 5.32 Å². The van der Waals surface area contributed by atoms with Crippen LogP contribution in [0.4, 0.5) is 0 Å². The van der Waals surface area contributed by atoms with Gasteiger partial charge in [0.1, 0.15) is 5.01 Å². The minimum atomic E-state index is -0.828. The van der Waals surface area contributed by atoms with Crippen molar-refractivity contribution < 1.29 is 14.7 Å². The summed E-state index contributed by atoms with van der Waals surface area (Å²) in [6, 6.07) is 3.98. The molecule has 2 aromatic rings. The molecule has 0 bridgehead atoms. The number of thiazole rings is 1.